The number of amides is 1. The summed E-state index contributed by atoms with van der Waals surface area (Å²) < 4.78 is 4.91. The third-order valence-electron chi connectivity index (χ3n) is 1.52. The molecule has 3 N–H and O–H groups in total. The number of nitrogens with zero attached hydrogens (tertiary/aromatic N) is 1. The first-order chi connectivity index (χ1) is 7.11. The molecule has 0 unspecified atom stereocenters. The monoisotopic (exact) mass is 216 g/mol. The molecule has 0 aliphatic carbocycles. The van der Waals surface area contributed by atoms with Crippen molar-refractivity contribution in [2.75, 3.05) is 32.8 Å². The van der Waals surface area contributed by atoms with Crippen LogP contribution >= 0.6 is 0 Å². The largest absolute Gasteiger partial charge is 0.480 e. The van der Waals surface area contributed by atoms with Crippen molar-refractivity contribution < 1.29 is 19.4 Å². The molecule has 6 nitrogen and oxygen atoms in total. The van der Waals surface area contributed by atoms with Crippen molar-refractivity contribution in [1.82, 2.24) is 4.90 Å². The van der Waals surface area contributed by atoms with Crippen LogP contribution in [-0.4, -0.2) is 54.7 Å². The molecule has 0 atom stereocenters. The van der Waals surface area contributed by atoms with Crippen LogP contribution in [0.2, 0.25) is 0 Å². The van der Waals surface area contributed by atoms with Gasteiger partial charge in [0.25, 0.3) is 0 Å². The molecule has 0 saturated heterocycles. The number of hydrogen-bond donors (Lipinski definition) is 2. The molecule has 0 fully saturated rings. The molecule has 0 radical (unpaired) electrons. The van der Waals surface area contributed by atoms with Crippen LogP contribution < -0.4 is 5.73 Å². The van der Waals surface area contributed by atoms with Crippen LogP contribution in [0, 0.1) is 0 Å². The van der Waals surface area contributed by atoms with Crippen molar-refractivity contribution in [2.24, 2.45) is 5.73 Å². The van der Waals surface area contributed by atoms with Crippen LogP contribution in [0.4, 0.5) is 0 Å². The zero-order valence-electron chi connectivity index (χ0n) is 8.52. The Bertz CT molecular complexity index is 230. The van der Waals surface area contributed by atoms with Crippen molar-refractivity contribution in [1.29, 1.82) is 0 Å². The highest BCUT2D eigenvalue weighted by Gasteiger charge is 2.14. The lowest BCUT2D eigenvalue weighted by Crippen LogP contribution is -2.38. The summed E-state index contributed by atoms with van der Waals surface area (Å²) in [4.78, 5) is 23.0. The second kappa shape index (κ2) is 7.95. The minimum atomic E-state index is -1.07. The molecule has 0 spiro atoms. The summed E-state index contributed by atoms with van der Waals surface area (Å²) in [5, 5.41) is 8.54. The Morgan fingerprint density at radius 2 is 2.20 bits per heavy atom. The molecule has 0 aromatic rings. The van der Waals surface area contributed by atoms with Gasteiger partial charge in [-0.15, -0.1) is 6.58 Å². The normalized spacial score (nSPS) is 9.67. The highest BCUT2D eigenvalue weighted by Crippen LogP contribution is 1.91. The molecular weight excluding hydrogens is 200 g/mol. The predicted octanol–water partition coefficient (Wildman–Crippen LogP) is -0.939. The van der Waals surface area contributed by atoms with E-state index in [9.17, 15) is 9.59 Å². The van der Waals surface area contributed by atoms with Gasteiger partial charge in [0, 0.05) is 13.1 Å². The number of carboxylic acid groups (broad SMARTS) is 1. The van der Waals surface area contributed by atoms with E-state index < -0.39 is 5.97 Å². The van der Waals surface area contributed by atoms with Crippen LogP contribution in [0.5, 0.6) is 0 Å². The van der Waals surface area contributed by atoms with Crippen molar-refractivity contribution in [3.63, 3.8) is 0 Å². The fourth-order valence-electron chi connectivity index (χ4n) is 0.908. The maximum atomic E-state index is 11.4. The number of carboxylic acids is 1. The lowest BCUT2D eigenvalue weighted by molar-refractivity contribution is -0.146. The van der Waals surface area contributed by atoms with Gasteiger partial charge in [0.15, 0.2) is 0 Å². The highest BCUT2D eigenvalue weighted by atomic mass is 16.5. The number of ether oxygens (including phenoxy) is 1. The summed E-state index contributed by atoms with van der Waals surface area (Å²) >= 11 is 0. The van der Waals surface area contributed by atoms with E-state index >= 15 is 0 Å². The van der Waals surface area contributed by atoms with Crippen LogP contribution in [0.25, 0.3) is 0 Å². The third kappa shape index (κ3) is 6.64. The van der Waals surface area contributed by atoms with Crippen LogP contribution in [0.3, 0.4) is 0 Å². The first-order valence-corrected chi connectivity index (χ1v) is 4.50. The number of carbonyl (C=O) groups is 2. The molecule has 0 aromatic carbocycles. The molecule has 0 rings (SSSR count). The maximum absolute atomic E-state index is 11.4. The van der Waals surface area contributed by atoms with E-state index in [0.717, 1.165) is 4.90 Å². The van der Waals surface area contributed by atoms with Crippen molar-refractivity contribution in [3.05, 3.63) is 12.7 Å². The predicted molar refractivity (Wildman–Crippen MR) is 54.3 cm³/mol. The molecule has 0 saturated carbocycles. The third-order valence-corrected chi connectivity index (χ3v) is 1.52. The lowest BCUT2D eigenvalue weighted by Gasteiger charge is -2.18. The Balaban J connectivity index is 4.03. The van der Waals surface area contributed by atoms with Gasteiger partial charge in [-0.25, -0.2) is 0 Å². The average molecular weight is 216 g/mol. The Labute approximate surface area is 88.3 Å². The van der Waals surface area contributed by atoms with E-state index in [4.69, 9.17) is 15.6 Å². The van der Waals surface area contributed by atoms with Crippen LogP contribution in [-0.2, 0) is 14.3 Å². The second-order valence-electron chi connectivity index (χ2n) is 2.80. The smallest absolute Gasteiger partial charge is 0.323 e. The topological polar surface area (TPSA) is 92.9 Å². The first-order valence-electron chi connectivity index (χ1n) is 4.50. The number of rotatable bonds is 8. The molecule has 0 aliphatic rings. The van der Waals surface area contributed by atoms with Crippen LogP contribution in [0.1, 0.15) is 0 Å². The molecular formula is C9H16N2O4. The SMILES string of the molecule is C=CCN(CC(=O)O)C(=O)COCCN. The van der Waals surface area contributed by atoms with Crippen molar-refractivity contribution in [3.8, 4) is 0 Å². The molecule has 1 amide bonds. The van der Waals surface area contributed by atoms with E-state index in [1.807, 2.05) is 0 Å². The van der Waals surface area contributed by atoms with Gasteiger partial charge >= 0.3 is 5.97 Å². The minimum Gasteiger partial charge on any atom is -0.480 e. The standard InChI is InChI=1S/C9H16N2O4/c1-2-4-11(6-9(13)14)8(12)7-15-5-3-10/h2H,1,3-7,10H2,(H,13,14). The Morgan fingerprint density at radius 1 is 1.53 bits per heavy atom. The Morgan fingerprint density at radius 3 is 2.67 bits per heavy atom. The molecule has 0 bridgehead atoms. The Kier molecular flexibility index (Phi) is 7.21. The number of carbonyl (C=O) groups excluding carboxylic acids is 1. The summed E-state index contributed by atoms with van der Waals surface area (Å²) in [5.74, 6) is -1.45. The number of hydrogen-bond acceptors (Lipinski definition) is 4. The summed E-state index contributed by atoms with van der Waals surface area (Å²) in [6, 6.07) is 0. The van der Waals surface area contributed by atoms with Gasteiger partial charge in [-0.1, -0.05) is 6.08 Å². The molecule has 0 aromatic heterocycles. The first kappa shape index (κ1) is 13.6. The molecule has 86 valence electrons. The summed E-state index contributed by atoms with van der Waals surface area (Å²) in [6.45, 7) is 3.73. The van der Waals surface area contributed by atoms with E-state index in [1.165, 1.54) is 6.08 Å². The highest BCUT2D eigenvalue weighted by molar-refractivity contribution is 5.82. The zero-order chi connectivity index (χ0) is 11.7. The van der Waals surface area contributed by atoms with Gasteiger partial charge < -0.3 is 20.5 Å². The van der Waals surface area contributed by atoms with Gasteiger partial charge in [-0.2, -0.15) is 0 Å². The lowest BCUT2D eigenvalue weighted by atomic mass is 10.4. The quantitative estimate of drug-likeness (QED) is 0.403. The number of aliphatic carboxylic acids is 1. The van der Waals surface area contributed by atoms with Gasteiger partial charge in [-0.3, -0.25) is 9.59 Å². The summed E-state index contributed by atoms with van der Waals surface area (Å²) in [6.07, 6.45) is 1.46. The Hall–Kier alpha value is -1.40. The molecule has 15 heavy (non-hydrogen) atoms. The molecule has 0 aliphatic heterocycles. The zero-order valence-corrected chi connectivity index (χ0v) is 8.52. The number of nitrogens with two attached hydrogens (primary N) is 1. The fourth-order valence-corrected chi connectivity index (χ4v) is 0.908. The summed E-state index contributed by atoms with van der Waals surface area (Å²) in [7, 11) is 0. The van der Waals surface area contributed by atoms with E-state index in [0.29, 0.717) is 6.54 Å². The average Bonchev–Trinajstić information content (AvgIpc) is 2.17. The van der Waals surface area contributed by atoms with Crippen molar-refractivity contribution in [2.45, 2.75) is 0 Å². The van der Waals surface area contributed by atoms with E-state index in [1.54, 1.807) is 0 Å². The second-order valence-corrected chi connectivity index (χ2v) is 2.80. The minimum absolute atomic E-state index is 0.154. The van der Waals surface area contributed by atoms with E-state index in [-0.39, 0.29) is 32.2 Å². The van der Waals surface area contributed by atoms with Gasteiger partial charge in [0.1, 0.15) is 13.2 Å². The van der Waals surface area contributed by atoms with Crippen LogP contribution in [0.15, 0.2) is 12.7 Å². The van der Waals surface area contributed by atoms with Gasteiger partial charge in [0.05, 0.1) is 6.61 Å². The maximum Gasteiger partial charge on any atom is 0.323 e. The van der Waals surface area contributed by atoms with Gasteiger partial charge in [0.2, 0.25) is 5.91 Å². The molecule has 0 heterocycles. The van der Waals surface area contributed by atoms with Crippen molar-refractivity contribution >= 4 is 11.9 Å². The van der Waals surface area contributed by atoms with E-state index in [2.05, 4.69) is 6.58 Å². The molecule has 6 heteroatoms. The van der Waals surface area contributed by atoms with Gasteiger partial charge in [-0.05, 0) is 0 Å². The summed E-state index contributed by atoms with van der Waals surface area (Å²) in [5.41, 5.74) is 5.17. The fraction of sp³-hybridized carbons (Fsp3) is 0.556.